The van der Waals surface area contributed by atoms with Crippen LogP contribution in [0, 0.1) is 5.92 Å². The number of nitrogens with one attached hydrogen (secondary N) is 1. The number of rotatable bonds is 6. The van der Waals surface area contributed by atoms with Crippen molar-refractivity contribution in [2.75, 3.05) is 13.2 Å². The van der Waals surface area contributed by atoms with Crippen LogP contribution in [0.3, 0.4) is 0 Å². The Labute approximate surface area is 107 Å². The van der Waals surface area contributed by atoms with Crippen molar-refractivity contribution in [2.45, 2.75) is 45.6 Å². The highest BCUT2D eigenvalue weighted by Gasteiger charge is 2.19. The van der Waals surface area contributed by atoms with Gasteiger partial charge in [0.2, 0.25) is 0 Å². The van der Waals surface area contributed by atoms with Gasteiger partial charge in [-0.3, -0.25) is 0 Å². The smallest absolute Gasteiger partial charge is 0.110 e. The number of fused-ring (bicyclic) bond motifs is 1. The quantitative estimate of drug-likeness (QED) is 0.819. The van der Waals surface area contributed by atoms with Crippen LogP contribution in [0.2, 0.25) is 0 Å². The third-order valence-corrected chi connectivity index (χ3v) is 4.72. The molecule has 1 aromatic rings. The van der Waals surface area contributed by atoms with E-state index in [2.05, 4.69) is 19.2 Å². The molecule has 2 unspecified atom stereocenters. The van der Waals surface area contributed by atoms with Crippen molar-refractivity contribution in [1.29, 1.82) is 0 Å². The number of aliphatic hydroxyl groups excluding tert-OH is 1. The van der Waals surface area contributed by atoms with Crippen molar-refractivity contribution in [3.8, 4) is 0 Å². The van der Waals surface area contributed by atoms with Gasteiger partial charge in [-0.25, -0.2) is 4.98 Å². The van der Waals surface area contributed by atoms with Crippen LogP contribution < -0.4 is 5.32 Å². The zero-order chi connectivity index (χ0) is 12.3. The summed E-state index contributed by atoms with van der Waals surface area (Å²) in [4.78, 5) is 6.22. The largest absolute Gasteiger partial charge is 0.396 e. The molecule has 2 rings (SSSR count). The van der Waals surface area contributed by atoms with Crippen LogP contribution in [0.4, 0.5) is 0 Å². The Kier molecular flexibility index (Phi) is 4.54. The average molecular weight is 254 g/mol. The summed E-state index contributed by atoms with van der Waals surface area (Å²) >= 11 is 1.87. The minimum atomic E-state index is 0.281. The molecule has 4 heteroatoms. The highest BCUT2D eigenvalue weighted by Crippen LogP contribution is 2.30. The van der Waals surface area contributed by atoms with Gasteiger partial charge in [0.25, 0.3) is 0 Å². The molecule has 0 spiro atoms. The second kappa shape index (κ2) is 5.94. The lowest BCUT2D eigenvalue weighted by atomic mass is 10.1. The summed E-state index contributed by atoms with van der Waals surface area (Å²) in [6.07, 6.45) is 4.54. The Hall–Kier alpha value is -0.450. The number of aromatic nitrogens is 1. The average Bonchev–Trinajstić information content (AvgIpc) is 2.86. The number of hydrogen-bond acceptors (Lipinski definition) is 4. The van der Waals surface area contributed by atoms with Gasteiger partial charge in [-0.15, -0.1) is 11.3 Å². The van der Waals surface area contributed by atoms with Crippen LogP contribution in [0.5, 0.6) is 0 Å². The van der Waals surface area contributed by atoms with Crippen LogP contribution in [0.15, 0.2) is 0 Å². The third-order valence-electron chi connectivity index (χ3n) is 3.38. The molecule has 1 aliphatic carbocycles. The maximum absolute atomic E-state index is 8.86. The van der Waals surface area contributed by atoms with E-state index in [9.17, 15) is 0 Å². The van der Waals surface area contributed by atoms with Crippen molar-refractivity contribution in [1.82, 2.24) is 10.3 Å². The van der Waals surface area contributed by atoms with Crippen molar-refractivity contribution < 1.29 is 5.11 Å². The van der Waals surface area contributed by atoms with Crippen LogP contribution in [-0.2, 0) is 12.8 Å². The molecule has 2 atom stereocenters. The van der Waals surface area contributed by atoms with E-state index in [0.717, 1.165) is 13.0 Å². The first-order chi connectivity index (χ1) is 8.20. The molecule has 1 aliphatic rings. The number of aryl methyl sites for hydroxylation is 2. The van der Waals surface area contributed by atoms with Gasteiger partial charge in [0.1, 0.15) is 5.01 Å². The first-order valence-electron chi connectivity index (χ1n) is 6.53. The predicted octanol–water partition coefficient (Wildman–Crippen LogP) is 2.30. The first kappa shape index (κ1) is 13.0. The minimum Gasteiger partial charge on any atom is -0.396 e. The topological polar surface area (TPSA) is 45.1 Å². The summed E-state index contributed by atoms with van der Waals surface area (Å²) in [6.45, 7) is 5.58. The highest BCUT2D eigenvalue weighted by atomic mass is 32.1. The molecule has 0 amide bonds. The Morgan fingerprint density at radius 2 is 2.24 bits per heavy atom. The number of nitrogens with zero attached hydrogens (tertiary/aromatic N) is 1. The molecule has 2 N–H and O–H groups in total. The lowest BCUT2D eigenvalue weighted by Gasteiger charge is -2.15. The van der Waals surface area contributed by atoms with E-state index in [4.69, 9.17) is 10.1 Å². The predicted molar refractivity (Wildman–Crippen MR) is 71.4 cm³/mol. The molecule has 0 saturated carbocycles. The number of hydrogen-bond donors (Lipinski definition) is 2. The van der Waals surface area contributed by atoms with Gasteiger partial charge in [0, 0.05) is 11.5 Å². The Bertz CT molecular complexity index is 343. The Morgan fingerprint density at radius 1 is 1.41 bits per heavy atom. The van der Waals surface area contributed by atoms with Gasteiger partial charge in [-0.05, 0) is 45.1 Å². The molecule has 1 aromatic heterocycles. The molecular weight excluding hydrogens is 232 g/mol. The molecular formula is C13H22N2OS. The van der Waals surface area contributed by atoms with Gasteiger partial charge in [-0.2, -0.15) is 0 Å². The second-order valence-electron chi connectivity index (χ2n) is 5.02. The number of aliphatic hydroxyl groups is 1. The van der Waals surface area contributed by atoms with E-state index in [1.807, 2.05) is 11.3 Å². The second-order valence-corrected chi connectivity index (χ2v) is 6.14. The molecule has 0 fully saturated rings. The monoisotopic (exact) mass is 254 g/mol. The summed E-state index contributed by atoms with van der Waals surface area (Å²) in [5, 5.41) is 13.6. The van der Waals surface area contributed by atoms with Crippen molar-refractivity contribution in [2.24, 2.45) is 5.92 Å². The fourth-order valence-electron chi connectivity index (χ4n) is 2.18. The summed E-state index contributed by atoms with van der Waals surface area (Å²) < 4.78 is 0. The Morgan fingerprint density at radius 3 is 2.94 bits per heavy atom. The fraction of sp³-hybridized carbons (Fsp3) is 0.769. The third kappa shape index (κ3) is 3.27. The maximum Gasteiger partial charge on any atom is 0.110 e. The molecule has 1 heterocycles. The summed E-state index contributed by atoms with van der Waals surface area (Å²) in [5.41, 5.74) is 1.34. The van der Waals surface area contributed by atoms with E-state index in [-0.39, 0.29) is 6.61 Å². The zero-order valence-electron chi connectivity index (χ0n) is 10.7. The van der Waals surface area contributed by atoms with Gasteiger partial charge in [0.05, 0.1) is 11.7 Å². The Balaban J connectivity index is 1.84. The molecule has 0 aromatic carbocycles. The molecule has 96 valence electrons. The van der Waals surface area contributed by atoms with E-state index in [0.29, 0.717) is 12.0 Å². The molecule has 0 radical (unpaired) electrons. The summed E-state index contributed by atoms with van der Waals surface area (Å²) in [5.74, 6) is 0.522. The molecule has 17 heavy (non-hydrogen) atoms. The number of thiazole rings is 1. The minimum absolute atomic E-state index is 0.281. The highest BCUT2D eigenvalue weighted by molar-refractivity contribution is 7.11. The molecule has 0 aliphatic heterocycles. The van der Waals surface area contributed by atoms with Crippen molar-refractivity contribution in [3.63, 3.8) is 0 Å². The van der Waals surface area contributed by atoms with E-state index < -0.39 is 0 Å². The van der Waals surface area contributed by atoms with Crippen molar-refractivity contribution >= 4 is 11.3 Å². The zero-order valence-corrected chi connectivity index (χ0v) is 11.5. The summed E-state index contributed by atoms with van der Waals surface area (Å²) in [6, 6.07) is 0.340. The maximum atomic E-state index is 8.86. The lowest BCUT2D eigenvalue weighted by molar-refractivity contribution is 0.258. The van der Waals surface area contributed by atoms with Crippen LogP contribution in [-0.4, -0.2) is 23.2 Å². The van der Waals surface area contributed by atoms with Crippen LogP contribution in [0.1, 0.15) is 48.3 Å². The van der Waals surface area contributed by atoms with E-state index in [1.165, 1.54) is 34.8 Å². The van der Waals surface area contributed by atoms with E-state index in [1.54, 1.807) is 0 Å². The molecule has 0 saturated heterocycles. The van der Waals surface area contributed by atoms with Gasteiger partial charge in [0.15, 0.2) is 0 Å². The molecule has 0 bridgehead atoms. The van der Waals surface area contributed by atoms with Crippen molar-refractivity contribution in [3.05, 3.63) is 15.6 Å². The first-order valence-corrected chi connectivity index (χ1v) is 7.35. The van der Waals surface area contributed by atoms with Gasteiger partial charge in [-0.1, -0.05) is 6.92 Å². The standard InChI is InChI=1S/C13H22N2OS/c1-9(6-7-16)8-14-10(2)13-15-11-4-3-5-12(11)17-13/h9-10,14,16H,3-8H2,1-2H3. The lowest BCUT2D eigenvalue weighted by Crippen LogP contribution is -2.25. The van der Waals surface area contributed by atoms with Crippen LogP contribution in [0.25, 0.3) is 0 Å². The fourth-order valence-corrected chi connectivity index (χ4v) is 3.36. The van der Waals surface area contributed by atoms with E-state index >= 15 is 0 Å². The van der Waals surface area contributed by atoms with Gasteiger partial charge >= 0.3 is 0 Å². The van der Waals surface area contributed by atoms with Gasteiger partial charge < -0.3 is 10.4 Å². The van der Waals surface area contributed by atoms with Crippen LogP contribution >= 0.6 is 11.3 Å². The molecule has 3 nitrogen and oxygen atoms in total. The summed E-state index contributed by atoms with van der Waals surface area (Å²) in [7, 11) is 0. The normalized spacial score (nSPS) is 18.1. The SMILES string of the molecule is CC(CCO)CNC(C)c1nc2c(s1)CCC2.